The number of Topliss-reactive ketones (excluding diaryl/α,β-unsaturated/α-hetero) is 1. The highest BCUT2D eigenvalue weighted by Gasteiger charge is 2.18. The SMILES string of the molecule is CC(=O)CS(=O)CC1CCCO1. The van der Waals surface area contributed by atoms with Gasteiger partial charge in [0.2, 0.25) is 0 Å². The normalized spacial score (nSPS) is 25.6. The summed E-state index contributed by atoms with van der Waals surface area (Å²) in [6, 6.07) is 0. The van der Waals surface area contributed by atoms with Crippen molar-refractivity contribution in [1.82, 2.24) is 0 Å². The van der Waals surface area contributed by atoms with Gasteiger partial charge in [-0.1, -0.05) is 0 Å². The summed E-state index contributed by atoms with van der Waals surface area (Å²) in [5.41, 5.74) is 0. The molecule has 2 atom stereocenters. The van der Waals surface area contributed by atoms with Gasteiger partial charge in [-0.25, -0.2) is 0 Å². The maximum absolute atomic E-state index is 11.2. The highest BCUT2D eigenvalue weighted by atomic mass is 32.2. The van der Waals surface area contributed by atoms with Crippen LogP contribution in [0.15, 0.2) is 0 Å². The maximum atomic E-state index is 11.2. The van der Waals surface area contributed by atoms with Gasteiger partial charge >= 0.3 is 0 Å². The minimum absolute atomic E-state index is 0.00803. The molecular weight excluding hydrogens is 176 g/mol. The Kier molecular flexibility index (Phi) is 3.88. The first-order chi connectivity index (χ1) is 5.68. The van der Waals surface area contributed by atoms with Crippen molar-refractivity contribution in [3.63, 3.8) is 0 Å². The first-order valence-electron chi connectivity index (χ1n) is 4.14. The second-order valence-electron chi connectivity index (χ2n) is 3.09. The van der Waals surface area contributed by atoms with Crippen LogP contribution in [0.25, 0.3) is 0 Å². The Morgan fingerprint density at radius 1 is 1.67 bits per heavy atom. The molecule has 3 nitrogen and oxygen atoms in total. The summed E-state index contributed by atoms with van der Waals surface area (Å²) in [6.45, 7) is 2.25. The number of carbonyl (C=O) groups is 1. The van der Waals surface area contributed by atoms with E-state index in [-0.39, 0.29) is 17.6 Å². The lowest BCUT2D eigenvalue weighted by Crippen LogP contribution is -2.19. The summed E-state index contributed by atoms with van der Waals surface area (Å²) < 4.78 is 16.5. The van der Waals surface area contributed by atoms with Crippen molar-refractivity contribution in [2.45, 2.75) is 25.9 Å². The van der Waals surface area contributed by atoms with Gasteiger partial charge in [0.1, 0.15) is 5.78 Å². The third-order valence-electron chi connectivity index (χ3n) is 1.76. The van der Waals surface area contributed by atoms with Crippen LogP contribution < -0.4 is 0 Å². The Bertz CT molecular complexity index is 185. The second kappa shape index (κ2) is 4.72. The molecule has 1 heterocycles. The van der Waals surface area contributed by atoms with Gasteiger partial charge in [0.25, 0.3) is 0 Å². The van der Waals surface area contributed by atoms with E-state index < -0.39 is 10.8 Å². The summed E-state index contributed by atoms with van der Waals surface area (Å²) in [5, 5.41) is 0. The zero-order chi connectivity index (χ0) is 8.97. The molecule has 1 aliphatic heterocycles. The maximum Gasteiger partial charge on any atom is 0.142 e. The molecule has 70 valence electrons. The summed E-state index contributed by atoms with van der Waals surface area (Å²) in [7, 11) is -1.01. The summed E-state index contributed by atoms with van der Waals surface area (Å²) in [5.74, 6) is 0.700. The second-order valence-corrected chi connectivity index (χ2v) is 4.59. The van der Waals surface area contributed by atoms with Crippen molar-refractivity contribution in [2.75, 3.05) is 18.1 Å². The van der Waals surface area contributed by atoms with E-state index in [0.29, 0.717) is 5.75 Å². The van der Waals surface area contributed by atoms with Crippen molar-refractivity contribution in [3.05, 3.63) is 0 Å². The molecular formula is C8H14O3S. The molecule has 12 heavy (non-hydrogen) atoms. The van der Waals surface area contributed by atoms with Gasteiger partial charge in [0.15, 0.2) is 0 Å². The van der Waals surface area contributed by atoms with Crippen molar-refractivity contribution in [3.8, 4) is 0 Å². The van der Waals surface area contributed by atoms with E-state index in [1.165, 1.54) is 6.92 Å². The van der Waals surface area contributed by atoms with E-state index in [4.69, 9.17) is 4.74 Å². The Balaban J connectivity index is 2.20. The smallest absolute Gasteiger partial charge is 0.142 e. The topological polar surface area (TPSA) is 43.4 Å². The van der Waals surface area contributed by atoms with Crippen LogP contribution in [-0.4, -0.2) is 34.2 Å². The van der Waals surface area contributed by atoms with Crippen molar-refractivity contribution in [2.24, 2.45) is 0 Å². The van der Waals surface area contributed by atoms with Crippen LogP contribution in [0.5, 0.6) is 0 Å². The minimum Gasteiger partial charge on any atom is -0.377 e. The predicted molar refractivity (Wildman–Crippen MR) is 47.5 cm³/mol. The number of ether oxygens (including phenoxy) is 1. The molecule has 0 spiro atoms. The largest absolute Gasteiger partial charge is 0.377 e. The highest BCUT2D eigenvalue weighted by Crippen LogP contribution is 2.12. The molecule has 1 saturated heterocycles. The summed E-state index contributed by atoms with van der Waals surface area (Å²) >= 11 is 0. The number of carbonyl (C=O) groups excluding carboxylic acids is 1. The van der Waals surface area contributed by atoms with Crippen LogP contribution in [0.2, 0.25) is 0 Å². The van der Waals surface area contributed by atoms with Crippen LogP contribution in [0.3, 0.4) is 0 Å². The number of ketones is 1. The van der Waals surface area contributed by atoms with E-state index in [2.05, 4.69) is 0 Å². The van der Waals surface area contributed by atoms with Crippen molar-refractivity contribution >= 4 is 16.6 Å². The highest BCUT2D eigenvalue weighted by molar-refractivity contribution is 7.85. The predicted octanol–water partition coefficient (Wildman–Crippen LogP) is 0.503. The number of hydrogen-bond acceptors (Lipinski definition) is 3. The van der Waals surface area contributed by atoms with Crippen LogP contribution >= 0.6 is 0 Å². The van der Waals surface area contributed by atoms with E-state index >= 15 is 0 Å². The van der Waals surface area contributed by atoms with Gasteiger partial charge in [-0.05, 0) is 19.8 Å². The van der Waals surface area contributed by atoms with E-state index in [1.807, 2.05) is 0 Å². The Morgan fingerprint density at radius 3 is 2.92 bits per heavy atom. The van der Waals surface area contributed by atoms with Gasteiger partial charge in [-0.2, -0.15) is 0 Å². The fraction of sp³-hybridized carbons (Fsp3) is 0.875. The van der Waals surface area contributed by atoms with Gasteiger partial charge in [0.05, 0.1) is 17.6 Å². The van der Waals surface area contributed by atoms with E-state index in [1.54, 1.807) is 0 Å². The lowest BCUT2D eigenvalue weighted by Gasteiger charge is -2.06. The molecule has 1 rings (SSSR count). The van der Waals surface area contributed by atoms with Crippen LogP contribution in [0.4, 0.5) is 0 Å². The molecule has 0 amide bonds. The summed E-state index contributed by atoms with van der Waals surface area (Å²) in [6.07, 6.45) is 2.18. The average molecular weight is 190 g/mol. The van der Waals surface area contributed by atoms with Crippen LogP contribution in [0.1, 0.15) is 19.8 Å². The van der Waals surface area contributed by atoms with Gasteiger partial charge in [-0.15, -0.1) is 0 Å². The third kappa shape index (κ3) is 3.45. The Morgan fingerprint density at radius 2 is 2.42 bits per heavy atom. The zero-order valence-corrected chi connectivity index (χ0v) is 8.06. The molecule has 0 aromatic carbocycles. The zero-order valence-electron chi connectivity index (χ0n) is 7.25. The van der Waals surface area contributed by atoms with Gasteiger partial charge in [0, 0.05) is 17.4 Å². The lowest BCUT2D eigenvalue weighted by molar-refractivity contribution is -0.114. The first-order valence-corrected chi connectivity index (χ1v) is 5.63. The Labute approximate surface area is 74.9 Å². The molecule has 0 radical (unpaired) electrons. The molecule has 0 aromatic rings. The van der Waals surface area contributed by atoms with Crippen LogP contribution in [0, 0.1) is 0 Å². The van der Waals surface area contributed by atoms with Gasteiger partial charge < -0.3 is 4.74 Å². The molecule has 2 unspecified atom stereocenters. The standard InChI is InChI=1S/C8H14O3S/c1-7(9)5-12(10)6-8-3-2-4-11-8/h8H,2-6H2,1H3. The lowest BCUT2D eigenvalue weighted by atomic mass is 10.3. The van der Waals surface area contributed by atoms with Gasteiger partial charge in [-0.3, -0.25) is 9.00 Å². The molecule has 1 aliphatic rings. The summed E-state index contributed by atoms with van der Waals surface area (Å²) in [4.78, 5) is 10.6. The molecule has 4 heteroatoms. The first kappa shape index (κ1) is 9.86. The van der Waals surface area contributed by atoms with E-state index in [9.17, 15) is 9.00 Å². The number of hydrogen-bond donors (Lipinski definition) is 0. The average Bonchev–Trinajstić information content (AvgIpc) is 2.37. The molecule has 0 bridgehead atoms. The van der Waals surface area contributed by atoms with Crippen molar-refractivity contribution < 1.29 is 13.7 Å². The van der Waals surface area contributed by atoms with Crippen molar-refractivity contribution in [1.29, 1.82) is 0 Å². The molecule has 0 saturated carbocycles. The Hall–Kier alpha value is -0.220. The quantitative estimate of drug-likeness (QED) is 0.648. The minimum atomic E-state index is -1.01. The molecule has 0 aliphatic carbocycles. The molecule has 1 fully saturated rings. The number of rotatable bonds is 4. The monoisotopic (exact) mass is 190 g/mol. The van der Waals surface area contributed by atoms with E-state index in [0.717, 1.165) is 19.4 Å². The fourth-order valence-corrected chi connectivity index (χ4v) is 2.52. The fourth-order valence-electron chi connectivity index (χ4n) is 1.27. The van der Waals surface area contributed by atoms with Crippen LogP contribution in [-0.2, 0) is 20.3 Å². The third-order valence-corrected chi connectivity index (χ3v) is 3.23. The molecule has 0 aromatic heterocycles. The molecule has 0 N–H and O–H groups in total.